The summed E-state index contributed by atoms with van der Waals surface area (Å²) in [7, 11) is 0. The molecular formula is C10H16O4. The Kier molecular flexibility index (Phi) is 3.49. The second-order valence-electron chi connectivity index (χ2n) is 4.15. The van der Waals surface area contributed by atoms with Gasteiger partial charge in [0.25, 0.3) is 0 Å². The third kappa shape index (κ3) is 2.47. The molecular weight excluding hydrogens is 184 g/mol. The highest BCUT2D eigenvalue weighted by molar-refractivity contribution is 5.82. The van der Waals surface area contributed by atoms with Gasteiger partial charge in [-0.3, -0.25) is 9.59 Å². The SMILES string of the molecule is CC(C)COC(=O)C1CCC1C(=O)O. The minimum absolute atomic E-state index is 0.294. The lowest BCUT2D eigenvalue weighted by Gasteiger charge is -2.31. The average Bonchev–Trinajstić information content (AvgIpc) is 1.97. The molecule has 0 aromatic heterocycles. The fraction of sp³-hybridized carbons (Fsp3) is 0.800. The minimum Gasteiger partial charge on any atom is -0.481 e. The van der Waals surface area contributed by atoms with Crippen molar-refractivity contribution in [3.8, 4) is 0 Å². The van der Waals surface area contributed by atoms with Crippen LogP contribution >= 0.6 is 0 Å². The van der Waals surface area contributed by atoms with Crippen molar-refractivity contribution in [3.05, 3.63) is 0 Å². The largest absolute Gasteiger partial charge is 0.481 e. The summed E-state index contributed by atoms with van der Waals surface area (Å²) >= 11 is 0. The van der Waals surface area contributed by atoms with Crippen molar-refractivity contribution in [1.29, 1.82) is 0 Å². The van der Waals surface area contributed by atoms with Crippen molar-refractivity contribution in [2.24, 2.45) is 17.8 Å². The van der Waals surface area contributed by atoms with E-state index in [0.717, 1.165) is 0 Å². The molecule has 1 saturated carbocycles. The molecule has 0 aliphatic heterocycles. The van der Waals surface area contributed by atoms with E-state index in [1.165, 1.54) is 0 Å². The van der Waals surface area contributed by atoms with Crippen molar-refractivity contribution in [3.63, 3.8) is 0 Å². The lowest BCUT2D eigenvalue weighted by Crippen LogP contribution is -2.39. The van der Waals surface area contributed by atoms with E-state index in [2.05, 4.69) is 0 Å². The smallest absolute Gasteiger partial charge is 0.309 e. The number of carbonyl (C=O) groups is 2. The summed E-state index contributed by atoms with van der Waals surface area (Å²) in [6.45, 7) is 4.27. The number of ether oxygens (including phenoxy) is 1. The number of esters is 1. The van der Waals surface area contributed by atoms with Crippen LogP contribution in [0.25, 0.3) is 0 Å². The van der Waals surface area contributed by atoms with Gasteiger partial charge in [0, 0.05) is 0 Å². The second kappa shape index (κ2) is 4.44. The van der Waals surface area contributed by atoms with Crippen LogP contribution in [-0.2, 0) is 14.3 Å². The van der Waals surface area contributed by atoms with Gasteiger partial charge in [-0.15, -0.1) is 0 Å². The van der Waals surface area contributed by atoms with Crippen molar-refractivity contribution in [2.45, 2.75) is 26.7 Å². The van der Waals surface area contributed by atoms with Crippen LogP contribution in [0.1, 0.15) is 26.7 Å². The van der Waals surface area contributed by atoms with Crippen LogP contribution in [0.3, 0.4) is 0 Å². The molecule has 0 heterocycles. The summed E-state index contributed by atoms with van der Waals surface area (Å²) < 4.78 is 4.99. The molecule has 0 spiro atoms. The Hall–Kier alpha value is -1.06. The molecule has 80 valence electrons. The topological polar surface area (TPSA) is 63.6 Å². The van der Waals surface area contributed by atoms with E-state index in [-0.39, 0.29) is 5.97 Å². The number of carboxylic acid groups (broad SMARTS) is 1. The zero-order valence-corrected chi connectivity index (χ0v) is 8.53. The number of hydrogen-bond donors (Lipinski definition) is 1. The lowest BCUT2D eigenvalue weighted by atomic mass is 9.74. The Morgan fingerprint density at radius 1 is 1.36 bits per heavy atom. The van der Waals surface area contributed by atoms with Gasteiger partial charge in [-0.2, -0.15) is 0 Å². The maximum absolute atomic E-state index is 11.4. The first-order valence-electron chi connectivity index (χ1n) is 4.91. The van der Waals surface area contributed by atoms with Crippen LogP contribution in [-0.4, -0.2) is 23.7 Å². The molecule has 4 nitrogen and oxygen atoms in total. The Balaban J connectivity index is 2.35. The summed E-state index contributed by atoms with van der Waals surface area (Å²) in [5.74, 6) is -1.87. The van der Waals surface area contributed by atoms with E-state index >= 15 is 0 Å². The predicted molar refractivity (Wildman–Crippen MR) is 49.6 cm³/mol. The molecule has 1 N–H and O–H groups in total. The highest BCUT2D eigenvalue weighted by atomic mass is 16.5. The Morgan fingerprint density at radius 3 is 2.29 bits per heavy atom. The number of aliphatic carboxylic acids is 1. The van der Waals surface area contributed by atoms with Gasteiger partial charge >= 0.3 is 11.9 Å². The van der Waals surface area contributed by atoms with Crippen LogP contribution in [0.5, 0.6) is 0 Å². The molecule has 1 aliphatic rings. The zero-order valence-electron chi connectivity index (χ0n) is 8.53. The van der Waals surface area contributed by atoms with Crippen molar-refractivity contribution < 1.29 is 19.4 Å². The first-order valence-corrected chi connectivity index (χ1v) is 4.91. The third-order valence-electron chi connectivity index (χ3n) is 2.45. The van der Waals surface area contributed by atoms with Crippen LogP contribution in [0.4, 0.5) is 0 Å². The molecule has 0 aromatic rings. The highest BCUT2D eigenvalue weighted by Crippen LogP contribution is 2.35. The van der Waals surface area contributed by atoms with Gasteiger partial charge in [0.05, 0.1) is 18.4 Å². The molecule has 1 rings (SSSR count). The van der Waals surface area contributed by atoms with Crippen LogP contribution in [0.15, 0.2) is 0 Å². The molecule has 1 aliphatic carbocycles. The molecule has 2 atom stereocenters. The minimum atomic E-state index is -0.886. The van der Waals surface area contributed by atoms with Crippen LogP contribution in [0, 0.1) is 17.8 Å². The fourth-order valence-corrected chi connectivity index (χ4v) is 1.43. The Labute approximate surface area is 83.2 Å². The first-order chi connectivity index (χ1) is 6.52. The van der Waals surface area contributed by atoms with Gasteiger partial charge in [-0.05, 0) is 18.8 Å². The number of hydrogen-bond acceptors (Lipinski definition) is 3. The molecule has 4 heteroatoms. The summed E-state index contributed by atoms with van der Waals surface area (Å²) in [6.07, 6.45) is 1.24. The number of carboxylic acids is 1. The van der Waals surface area contributed by atoms with E-state index in [1.807, 2.05) is 13.8 Å². The predicted octanol–water partition coefficient (Wildman–Crippen LogP) is 1.30. The first kappa shape index (κ1) is 11.0. The molecule has 2 unspecified atom stereocenters. The van der Waals surface area contributed by atoms with Gasteiger partial charge in [-0.25, -0.2) is 0 Å². The molecule has 1 fully saturated rings. The van der Waals surface area contributed by atoms with E-state index in [4.69, 9.17) is 9.84 Å². The molecule has 0 aromatic carbocycles. The second-order valence-corrected chi connectivity index (χ2v) is 4.15. The molecule has 0 amide bonds. The van der Waals surface area contributed by atoms with Crippen molar-refractivity contribution in [1.82, 2.24) is 0 Å². The Bertz CT molecular complexity index is 234. The van der Waals surface area contributed by atoms with Crippen molar-refractivity contribution >= 4 is 11.9 Å². The Morgan fingerprint density at radius 2 is 1.93 bits per heavy atom. The van der Waals surface area contributed by atoms with Gasteiger partial charge < -0.3 is 9.84 Å². The zero-order chi connectivity index (χ0) is 10.7. The lowest BCUT2D eigenvalue weighted by molar-refractivity contribution is -0.164. The average molecular weight is 200 g/mol. The molecule has 0 bridgehead atoms. The normalized spacial score (nSPS) is 25.6. The summed E-state index contributed by atoms with van der Waals surface area (Å²) in [6, 6.07) is 0. The number of rotatable bonds is 4. The molecule has 0 radical (unpaired) electrons. The summed E-state index contributed by atoms with van der Waals surface area (Å²) in [5.41, 5.74) is 0. The maximum atomic E-state index is 11.4. The van der Waals surface area contributed by atoms with Gasteiger partial charge in [0.15, 0.2) is 0 Å². The maximum Gasteiger partial charge on any atom is 0.309 e. The van der Waals surface area contributed by atoms with E-state index < -0.39 is 17.8 Å². The van der Waals surface area contributed by atoms with E-state index in [0.29, 0.717) is 25.4 Å². The highest BCUT2D eigenvalue weighted by Gasteiger charge is 2.42. The van der Waals surface area contributed by atoms with Crippen LogP contribution < -0.4 is 0 Å². The van der Waals surface area contributed by atoms with Gasteiger partial charge in [0.2, 0.25) is 0 Å². The molecule has 0 saturated heterocycles. The quantitative estimate of drug-likeness (QED) is 0.695. The third-order valence-corrected chi connectivity index (χ3v) is 2.45. The fourth-order valence-electron chi connectivity index (χ4n) is 1.43. The molecule has 14 heavy (non-hydrogen) atoms. The monoisotopic (exact) mass is 200 g/mol. The standard InChI is InChI=1S/C10H16O4/c1-6(2)5-14-10(13)8-4-3-7(8)9(11)12/h6-8H,3-5H2,1-2H3,(H,11,12). The van der Waals surface area contributed by atoms with Gasteiger partial charge in [-0.1, -0.05) is 13.8 Å². The van der Waals surface area contributed by atoms with E-state index in [1.54, 1.807) is 0 Å². The summed E-state index contributed by atoms with van der Waals surface area (Å²) in [4.78, 5) is 22.0. The summed E-state index contributed by atoms with van der Waals surface area (Å²) in [5, 5.41) is 8.72. The number of carbonyl (C=O) groups excluding carboxylic acids is 1. The van der Waals surface area contributed by atoms with E-state index in [9.17, 15) is 9.59 Å². The van der Waals surface area contributed by atoms with Crippen molar-refractivity contribution in [2.75, 3.05) is 6.61 Å². The van der Waals surface area contributed by atoms with Crippen LogP contribution in [0.2, 0.25) is 0 Å². The van der Waals surface area contributed by atoms with Gasteiger partial charge in [0.1, 0.15) is 0 Å².